The Morgan fingerprint density at radius 2 is 2.29 bits per heavy atom. The highest BCUT2D eigenvalue weighted by atomic mass is 35.5. The van der Waals surface area contributed by atoms with Crippen molar-refractivity contribution in [1.29, 1.82) is 0 Å². The zero-order chi connectivity index (χ0) is 12.7. The Balaban J connectivity index is 2.62. The molecule has 17 heavy (non-hydrogen) atoms. The van der Waals surface area contributed by atoms with Crippen molar-refractivity contribution >= 4 is 23.8 Å². The second kappa shape index (κ2) is 6.91. The van der Waals surface area contributed by atoms with E-state index in [1.807, 2.05) is 6.92 Å². The van der Waals surface area contributed by atoms with Crippen LogP contribution in [0.25, 0.3) is 0 Å². The summed E-state index contributed by atoms with van der Waals surface area (Å²) < 4.78 is 5.24. The topological polar surface area (TPSA) is 55.4 Å². The molecule has 0 saturated carbocycles. The van der Waals surface area contributed by atoms with Gasteiger partial charge in [0.05, 0.1) is 10.6 Å². The van der Waals surface area contributed by atoms with Crippen LogP contribution in [0.5, 0.6) is 5.75 Å². The molecule has 0 aliphatic carbocycles. The molecule has 1 N–H and O–H groups in total. The fraction of sp³-hybridized carbons (Fsp3) is 0.333. The average molecular weight is 256 g/mol. The van der Waals surface area contributed by atoms with E-state index in [0.717, 1.165) is 6.42 Å². The monoisotopic (exact) mass is 255 g/mol. The second-order valence-electron chi connectivity index (χ2n) is 3.41. The first-order valence-electron chi connectivity index (χ1n) is 5.32. The lowest BCUT2D eigenvalue weighted by atomic mass is 10.2. The van der Waals surface area contributed by atoms with E-state index >= 15 is 0 Å². The van der Waals surface area contributed by atoms with Crippen LogP contribution in [0.2, 0.25) is 5.02 Å². The van der Waals surface area contributed by atoms with E-state index in [2.05, 4.69) is 5.32 Å². The van der Waals surface area contributed by atoms with Crippen LogP contribution in [0, 0.1) is 0 Å². The Labute approximate surface area is 105 Å². The van der Waals surface area contributed by atoms with Gasteiger partial charge in [0.2, 0.25) is 0 Å². The van der Waals surface area contributed by atoms with Crippen molar-refractivity contribution in [1.82, 2.24) is 5.32 Å². The SMILES string of the molecule is CCCNC(=O)COc1c(Cl)cccc1C=O. The van der Waals surface area contributed by atoms with Crippen LogP contribution in [0.3, 0.4) is 0 Å². The molecule has 1 aromatic rings. The van der Waals surface area contributed by atoms with Crippen LogP contribution in [0.4, 0.5) is 0 Å². The van der Waals surface area contributed by atoms with Gasteiger partial charge in [0.1, 0.15) is 5.75 Å². The zero-order valence-corrected chi connectivity index (χ0v) is 10.3. The summed E-state index contributed by atoms with van der Waals surface area (Å²) in [5.74, 6) is 0.0134. The maximum absolute atomic E-state index is 11.3. The van der Waals surface area contributed by atoms with Crippen molar-refractivity contribution in [3.63, 3.8) is 0 Å². The van der Waals surface area contributed by atoms with Crippen molar-refractivity contribution in [3.05, 3.63) is 28.8 Å². The summed E-state index contributed by atoms with van der Waals surface area (Å²) in [7, 11) is 0. The molecule has 0 spiro atoms. The zero-order valence-electron chi connectivity index (χ0n) is 9.53. The van der Waals surface area contributed by atoms with Gasteiger partial charge in [0.25, 0.3) is 5.91 Å². The average Bonchev–Trinajstić information content (AvgIpc) is 2.34. The molecule has 0 radical (unpaired) electrons. The fourth-order valence-corrected chi connectivity index (χ4v) is 1.46. The number of hydrogen-bond acceptors (Lipinski definition) is 3. The molecule has 0 fully saturated rings. The second-order valence-corrected chi connectivity index (χ2v) is 3.82. The number of hydrogen-bond donors (Lipinski definition) is 1. The van der Waals surface area contributed by atoms with Crippen molar-refractivity contribution in [2.45, 2.75) is 13.3 Å². The Morgan fingerprint density at radius 3 is 2.94 bits per heavy atom. The van der Waals surface area contributed by atoms with E-state index in [0.29, 0.717) is 23.4 Å². The maximum Gasteiger partial charge on any atom is 0.257 e. The predicted molar refractivity (Wildman–Crippen MR) is 65.6 cm³/mol. The Kier molecular flexibility index (Phi) is 5.49. The number of rotatable bonds is 6. The minimum absolute atomic E-state index is 0.148. The number of ether oxygens (including phenoxy) is 1. The fourth-order valence-electron chi connectivity index (χ4n) is 1.22. The standard InChI is InChI=1S/C12H14ClNO3/c1-2-6-14-11(16)8-17-12-9(7-15)4-3-5-10(12)13/h3-5,7H,2,6,8H2,1H3,(H,14,16). The molecular weight excluding hydrogens is 242 g/mol. The summed E-state index contributed by atoms with van der Waals surface area (Å²) in [6, 6.07) is 4.84. The number of halogens is 1. The van der Waals surface area contributed by atoms with E-state index in [9.17, 15) is 9.59 Å². The quantitative estimate of drug-likeness (QED) is 0.792. The van der Waals surface area contributed by atoms with E-state index in [4.69, 9.17) is 16.3 Å². The van der Waals surface area contributed by atoms with Crippen LogP contribution in [-0.2, 0) is 4.79 Å². The van der Waals surface area contributed by atoms with Gasteiger partial charge < -0.3 is 10.1 Å². The van der Waals surface area contributed by atoms with Gasteiger partial charge >= 0.3 is 0 Å². The van der Waals surface area contributed by atoms with Crippen LogP contribution in [0.1, 0.15) is 23.7 Å². The predicted octanol–water partition coefficient (Wildman–Crippen LogP) is 2.06. The summed E-state index contributed by atoms with van der Waals surface area (Å²) in [6.07, 6.45) is 1.50. The molecule has 92 valence electrons. The summed E-state index contributed by atoms with van der Waals surface area (Å²) >= 11 is 5.88. The van der Waals surface area contributed by atoms with Crippen LogP contribution < -0.4 is 10.1 Å². The molecule has 1 aromatic carbocycles. The highest BCUT2D eigenvalue weighted by Gasteiger charge is 2.09. The first kappa shape index (κ1) is 13.5. The van der Waals surface area contributed by atoms with Gasteiger partial charge in [-0.2, -0.15) is 0 Å². The van der Waals surface area contributed by atoms with Crippen molar-refractivity contribution < 1.29 is 14.3 Å². The van der Waals surface area contributed by atoms with Crippen LogP contribution in [-0.4, -0.2) is 25.3 Å². The Morgan fingerprint density at radius 1 is 1.53 bits per heavy atom. The highest BCUT2D eigenvalue weighted by Crippen LogP contribution is 2.27. The molecule has 1 amide bonds. The summed E-state index contributed by atoms with van der Waals surface area (Å²) in [5.41, 5.74) is 0.334. The largest absolute Gasteiger partial charge is 0.481 e. The third-order valence-corrected chi connectivity index (χ3v) is 2.34. The molecule has 0 unspecified atom stereocenters. The number of para-hydroxylation sites is 1. The van der Waals surface area contributed by atoms with Gasteiger partial charge in [-0.05, 0) is 18.6 Å². The van der Waals surface area contributed by atoms with E-state index in [-0.39, 0.29) is 18.3 Å². The molecule has 0 aromatic heterocycles. The number of aldehydes is 1. The molecule has 0 atom stereocenters. The van der Waals surface area contributed by atoms with Gasteiger partial charge in [-0.25, -0.2) is 0 Å². The van der Waals surface area contributed by atoms with Gasteiger partial charge in [0, 0.05) is 6.54 Å². The number of carbonyl (C=O) groups excluding carboxylic acids is 2. The van der Waals surface area contributed by atoms with Gasteiger partial charge in [-0.1, -0.05) is 24.6 Å². The lowest BCUT2D eigenvalue weighted by Gasteiger charge is -2.09. The normalized spacial score (nSPS) is 9.76. The molecule has 0 heterocycles. The Hall–Kier alpha value is -1.55. The first-order valence-corrected chi connectivity index (χ1v) is 5.70. The summed E-state index contributed by atoms with van der Waals surface area (Å²) in [5, 5.41) is 2.98. The van der Waals surface area contributed by atoms with Gasteiger partial charge in [0.15, 0.2) is 12.9 Å². The van der Waals surface area contributed by atoms with Crippen molar-refractivity contribution in [2.24, 2.45) is 0 Å². The number of nitrogens with one attached hydrogen (secondary N) is 1. The summed E-state index contributed by atoms with van der Waals surface area (Å²) in [6.45, 7) is 2.41. The third kappa shape index (κ3) is 4.07. The van der Waals surface area contributed by atoms with Crippen molar-refractivity contribution in [3.8, 4) is 5.75 Å². The minimum Gasteiger partial charge on any atom is -0.481 e. The molecule has 0 aliphatic rings. The van der Waals surface area contributed by atoms with E-state index in [1.54, 1.807) is 18.2 Å². The lowest BCUT2D eigenvalue weighted by Crippen LogP contribution is -2.29. The molecular formula is C12H14ClNO3. The molecule has 0 aliphatic heterocycles. The molecule has 0 saturated heterocycles. The summed E-state index contributed by atoms with van der Waals surface area (Å²) in [4.78, 5) is 22.1. The highest BCUT2D eigenvalue weighted by molar-refractivity contribution is 6.32. The maximum atomic E-state index is 11.3. The van der Waals surface area contributed by atoms with Gasteiger partial charge in [-0.15, -0.1) is 0 Å². The van der Waals surface area contributed by atoms with Gasteiger partial charge in [-0.3, -0.25) is 9.59 Å². The number of benzene rings is 1. The first-order chi connectivity index (χ1) is 8.19. The van der Waals surface area contributed by atoms with Crippen molar-refractivity contribution in [2.75, 3.05) is 13.2 Å². The third-order valence-electron chi connectivity index (χ3n) is 2.04. The minimum atomic E-state index is -0.233. The number of amides is 1. The lowest BCUT2D eigenvalue weighted by molar-refractivity contribution is -0.123. The smallest absolute Gasteiger partial charge is 0.257 e. The molecule has 1 rings (SSSR count). The van der Waals surface area contributed by atoms with E-state index in [1.165, 1.54) is 0 Å². The molecule has 4 nitrogen and oxygen atoms in total. The van der Waals surface area contributed by atoms with Crippen LogP contribution in [0.15, 0.2) is 18.2 Å². The van der Waals surface area contributed by atoms with Crippen LogP contribution >= 0.6 is 11.6 Å². The molecule has 0 bridgehead atoms. The number of carbonyl (C=O) groups is 2. The van der Waals surface area contributed by atoms with E-state index < -0.39 is 0 Å². The Bertz CT molecular complexity index is 407. The molecule has 5 heteroatoms.